The predicted octanol–water partition coefficient (Wildman–Crippen LogP) is 4.81. The second-order valence-electron chi connectivity index (χ2n) is 7.86. The Hall–Kier alpha value is -3.36. The molecule has 0 aliphatic carbocycles. The van der Waals surface area contributed by atoms with Crippen LogP contribution in [0, 0.1) is 0 Å². The number of hydrogen-bond donors (Lipinski definition) is 3. The number of carbonyl (C=O) groups is 1. The van der Waals surface area contributed by atoms with E-state index in [9.17, 15) is 31.5 Å². The smallest absolute Gasteiger partial charge is 0.506 e. The number of aromatic nitrogens is 1. The van der Waals surface area contributed by atoms with Gasteiger partial charge in [0, 0.05) is 29.7 Å². The molecule has 0 spiro atoms. The molecule has 36 heavy (non-hydrogen) atoms. The SMILES string of the molecule is O=C(Nc1ccc(O)c(NS(=O)(=O)N2CCCCC2)c1)c1nc(-c2ccc(OC(F)(F)F)cc2)cs1. The normalized spacial score (nSPS) is 14.9. The number of anilines is 2. The van der Waals surface area contributed by atoms with E-state index in [0.29, 0.717) is 24.3 Å². The average Bonchev–Trinajstić information content (AvgIpc) is 3.32. The van der Waals surface area contributed by atoms with E-state index in [1.54, 1.807) is 5.38 Å². The zero-order valence-electron chi connectivity index (χ0n) is 18.6. The Morgan fingerprint density at radius 3 is 2.44 bits per heavy atom. The summed E-state index contributed by atoms with van der Waals surface area (Å²) >= 11 is 1.02. The van der Waals surface area contributed by atoms with Gasteiger partial charge in [0.15, 0.2) is 5.01 Å². The number of thiazole rings is 1. The van der Waals surface area contributed by atoms with Gasteiger partial charge in [0.2, 0.25) is 0 Å². The number of aromatic hydroxyl groups is 1. The molecule has 9 nitrogen and oxygen atoms in total. The highest BCUT2D eigenvalue weighted by Crippen LogP contribution is 2.30. The van der Waals surface area contributed by atoms with E-state index in [0.717, 1.165) is 42.7 Å². The standard InChI is InChI=1S/C22H21F3N4O5S2/c23-22(24,25)34-16-7-4-14(5-8-16)18-13-35-21(27-18)20(31)26-15-6-9-19(30)17(12-15)28-36(32,33)29-10-2-1-3-11-29/h4-9,12-13,28,30H,1-3,10-11H2,(H,26,31). The van der Waals surface area contributed by atoms with Crippen molar-refractivity contribution in [1.82, 2.24) is 9.29 Å². The maximum Gasteiger partial charge on any atom is 0.573 e. The van der Waals surface area contributed by atoms with Gasteiger partial charge >= 0.3 is 16.6 Å². The molecule has 2 heterocycles. The number of phenolic OH excluding ortho intramolecular Hbond substituents is 1. The molecule has 0 atom stereocenters. The number of hydrogen-bond acceptors (Lipinski definition) is 7. The van der Waals surface area contributed by atoms with Crippen LogP contribution in [0.4, 0.5) is 24.5 Å². The Labute approximate surface area is 208 Å². The first-order chi connectivity index (χ1) is 17.0. The minimum atomic E-state index is -4.80. The van der Waals surface area contributed by atoms with Crippen molar-refractivity contribution in [3.8, 4) is 22.8 Å². The van der Waals surface area contributed by atoms with Gasteiger partial charge in [0.05, 0.1) is 11.4 Å². The van der Waals surface area contributed by atoms with E-state index in [1.807, 2.05) is 0 Å². The van der Waals surface area contributed by atoms with Gasteiger partial charge in [-0.3, -0.25) is 9.52 Å². The first-order valence-electron chi connectivity index (χ1n) is 10.7. The summed E-state index contributed by atoms with van der Waals surface area (Å²) in [6, 6.07) is 9.01. The van der Waals surface area contributed by atoms with E-state index in [2.05, 4.69) is 19.8 Å². The number of phenols is 1. The van der Waals surface area contributed by atoms with Gasteiger partial charge in [-0.15, -0.1) is 24.5 Å². The number of ether oxygens (including phenoxy) is 1. The lowest BCUT2D eigenvalue weighted by Gasteiger charge is -2.26. The fourth-order valence-corrected chi connectivity index (χ4v) is 5.56. The maximum absolute atomic E-state index is 12.7. The third-order valence-electron chi connectivity index (χ3n) is 5.23. The average molecular weight is 543 g/mol. The van der Waals surface area contributed by atoms with Crippen LogP contribution in [0.1, 0.15) is 29.1 Å². The minimum Gasteiger partial charge on any atom is -0.506 e. The highest BCUT2D eigenvalue weighted by molar-refractivity contribution is 7.90. The Kier molecular flexibility index (Phi) is 7.38. The molecule has 3 N–H and O–H groups in total. The summed E-state index contributed by atoms with van der Waals surface area (Å²) < 4.78 is 69.7. The topological polar surface area (TPSA) is 121 Å². The summed E-state index contributed by atoms with van der Waals surface area (Å²) in [5.41, 5.74) is 1.00. The molecule has 1 aromatic heterocycles. The lowest BCUT2D eigenvalue weighted by atomic mass is 10.2. The van der Waals surface area contributed by atoms with Crippen LogP contribution in [0.3, 0.4) is 0 Å². The molecule has 3 aromatic rings. The molecule has 1 amide bonds. The van der Waals surface area contributed by atoms with Crippen molar-refractivity contribution in [3.05, 3.63) is 52.9 Å². The fraction of sp³-hybridized carbons (Fsp3) is 0.273. The van der Waals surface area contributed by atoms with Gasteiger partial charge in [0.25, 0.3) is 5.91 Å². The lowest BCUT2D eigenvalue weighted by molar-refractivity contribution is -0.274. The molecule has 1 aliphatic heterocycles. The van der Waals surface area contributed by atoms with Gasteiger partial charge in [0.1, 0.15) is 11.5 Å². The molecule has 2 aromatic carbocycles. The summed E-state index contributed by atoms with van der Waals surface area (Å²) in [5, 5.41) is 14.4. The summed E-state index contributed by atoms with van der Waals surface area (Å²) in [5.74, 6) is -1.26. The molecule has 1 saturated heterocycles. The molecule has 0 radical (unpaired) electrons. The second-order valence-corrected chi connectivity index (χ2v) is 10.4. The van der Waals surface area contributed by atoms with E-state index >= 15 is 0 Å². The largest absolute Gasteiger partial charge is 0.573 e. The molecule has 0 bridgehead atoms. The number of halogens is 3. The molecule has 0 saturated carbocycles. The van der Waals surface area contributed by atoms with Crippen molar-refractivity contribution < 1.29 is 36.2 Å². The first kappa shape index (κ1) is 25.7. The number of benzene rings is 2. The predicted molar refractivity (Wildman–Crippen MR) is 128 cm³/mol. The van der Waals surface area contributed by atoms with Crippen LogP contribution in [0.15, 0.2) is 47.8 Å². The van der Waals surface area contributed by atoms with Crippen LogP contribution < -0.4 is 14.8 Å². The third-order valence-corrected chi connectivity index (χ3v) is 7.59. The molecule has 192 valence electrons. The molecule has 1 aliphatic rings. The van der Waals surface area contributed by atoms with Crippen LogP contribution in [0.25, 0.3) is 11.3 Å². The van der Waals surface area contributed by atoms with Gasteiger partial charge in [-0.1, -0.05) is 6.42 Å². The third kappa shape index (κ3) is 6.44. The van der Waals surface area contributed by atoms with Gasteiger partial charge < -0.3 is 15.2 Å². The van der Waals surface area contributed by atoms with Crippen LogP contribution >= 0.6 is 11.3 Å². The summed E-state index contributed by atoms with van der Waals surface area (Å²) in [6.45, 7) is 0.772. The second kappa shape index (κ2) is 10.3. The molecule has 0 unspecified atom stereocenters. The Balaban J connectivity index is 1.44. The zero-order chi connectivity index (χ0) is 25.9. The number of nitrogens with one attached hydrogen (secondary N) is 2. The Bertz CT molecular complexity index is 1340. The number of carbonyl (C=O) groups excluding carboxylic acids is 1. The van der Waals surface area contributed by atoms with E-state index in [4.69, 9.17) is 0 Å². The summed E-state index contributed by atoms with van der Waals surface area (Å²) in [4.78, 5) is 16.9. The number of nitrogens with zero attached hydrogens (tertiary/aromatic N) is 2. The number of amides is 1. The summed E-state index contributed by atoms with van der Waals surface area (Å²) in [6.07, 6.45) is -2.33. The van der Waals surface area contributed by atoms with Crippen molar-refractivity contribution in [2.24, 2.45) is 0 Å². The maximum atomic E-state index is 12.7. The zero-order valence-corrected chi connectivity index (χ0v) is 20.2. The molecular formula is C22H21F3N4O5S2. The van der Waals surface area contributed by atoms with E-state index in [-0.39, 0.29) is 27.9 Å². The number of alkyl halides is 3. The minimum absolute atomic E-state index is 0.0733. The van der Waals surface area contributed by atoms with Crippen LogP contribution in [0.5, 0.6) is 11.5 Å². The van der Waals surface area contributed by atoms with Crippen molar-refractivity contribution in [2.75, 3.05) is 23.1 Å². The molecule has 4 rings (SSSR count). The van der Waals surface area contributed by atoms with Crippen molar-refractivity contribution in [2.45, 2.75) is 25.6 Å². The molecule has 14 heteroatoms. The van der Waals surface area contributed by atoms with Crippen LogP contribution in [-0.2, 0) is 10.2 Å². The van der Waals surface area contributed by atoms with Crippen molar-refractivity contribution in [3.63, 3.8) is 0 Å². The molecular weight excluding hydrogens is 521 g/mol. The van der Waals surface area contributed by atoms with Crippen LogP contribution in [0.2, 0.25) is 0 Å². The quantitative estimate of drug-likeness (QED) is 0.291. The molecule has 1 fully saturated rings. The van der Waals surface area contributed by atoms with Gasteiger partial charge in [-0.05, 0) is 55.3 Å². The van der Waals surface area contributed by atoms with E-state index in [1.165, 1.54) is 34.6 Å². The first-order valence-corrected chi connectivity index (χ1v) is 13.1. The monoisotopic (exact) mass is 542 g/mol. The highest BCUT2D eigenvalue weighted by Gasteiger charge is 2.31. The van der Waals surface area contributed by atoms with Crippen molar-refractivity contribution >= 4 is 38.8 Å². The number of rotatable bonds is 7. The van der Waals surface area contributed by atoms with Gasteiger partial charge in [-0.2, -0.15) is 12.7 Å². The number of piperidine rings is 1. The fourth-order valence-electron chi connectivity index (χ4n) is 3.53. The summed E-state index contributed by atoms with van der Waals surface area (Å²) in [7, 11) is -3.87. The van der Waals surface area contributed by atoms with Gasteiger partial charge in [-0.25, -0.2) is 4.98 Å². The van der Waals surface area contributed by atoms with Crippen molar-refractivity contribution in [1.29, 1.82) is 0 Å². The highest BCUT2D eigenvalue weighted by atomic mass is 32.2. The van der Waals surface area contributed by atoms with Crippen LogP contribution in [-0.4, -0.2) is 48.2 Å². The van der Waals surface area contributed by atoms with E-state index < -0.39 is 22.5 Å². The Morgan fingerprint density at radius 1 is 1.08 bits per heavy atom. The Morgan fingerprint density at radius 2 is 1.78 bits per heavy atom. The lowest BCUT2D eigenvalue weighted by Crippen LogP contribution is -2.39.